The first-order chi connectivity index (χ1) is 11.7. The predicted octanol–water partition coefficient (Wildman–Crippen LogP) is 4.54. The van der Waals surface area contributed by atoms with E-state index in [-0.39, 0.29) is 32.7 Å². The van der Waals surface area contributed by atoms with Crippen molar-refractivity contribution in [2.24, 2.45) is 0 Å². The van der Waals surface area contributed by atoms with E-state index in [1.54, 1.807) is 25.3 Å². The summed E-state index contributed by atoms with van der Waals surface area (Å²) in [6, 6.07) is 6.56. The quantitative estimate of drug-likeness (QED) is 0.445. The van der Waals surface area contributed by atoms with Crippen LogP contribution in [0, 0.1) is 0 Å². The number of hydrogen-bond acceptors (Lipinski definition) is 6. The van der Waals surface area contributed by atoms with Gasteiger partial charge < -0.3 is 31.2 Å². The number of carbonyl (C=O) groups is 1. The molecule has 9 heteroatoms. The summed E-state index contributed by atoms with van der Waals surface area (Å²) in [6.07, 6.45) is 0. The summed E-state index contributed by atoms with van der Waals surface area (Å²) in [6.45, 7) is -0.0817. The second-order valence-electron chi connectivity index (χ2n) is 4.71. The van der Waals surface area contributed by atoms with E-state index in [4.69, 9.17) is 31.2 Å². The van der Waals surface area contributed by atoms with Crippen molar-refractivity contribution in [1.29, 1.82) is 0 Å². The Labute approximate surface area is 176 Å². The van der Waals surface area contributed by atoms with Crippen LogP contribution in [0.3, 0.4) is 0 Å². The highest BCUT2D eigenvalue weighted by Crippen LogP contribution is 2.30. The van der Waals surface area contributed by atoms with Crippen LogP contribution in [0.15, 0.2) is 33.2 Å². The third kappa shape index (κ3) is 7.28. The number of methoxy groups -OCH3 is 2. The number of anilines is 2. The molecule has 152 valence electrons. The van der Waals surface area contributed by atoms with Crippen LogP contribution < -0.4 is 20.9 Å². The monoisotopic (exact) mass is 508 g/mol. The predicted molar refractivity (Wildman–Crippen MR) is 117 cm³/mol. The minimum absolute atomic E-state index is 0. The van der Waals surface area contributed by atoms with E-state index in [2.05, 4.69) is 31.9 Å². The minimum Gasteiger partial charge on any atom is -0.495 e. The van der Waals surface area contributed by atoms with E-state index in [9.17, 15) is 4.79 Å². The van der Waals surface area contributed by atoms with Crippen LogP contribution in [-0.4, -0.2) is 30.4 Å². The lowest BCUT2D eigenvalue weighted by Gasteiger charge is -2.08. The molecule has 0 amide bonds. The van der Waals surface area contributed by atoms with Crippen LogP contribution in [0.4, 0.5) is 11.4 Å². The molecule has 2 rings (SSSR count). The van der Waals surface area contributed by atoms with Crippen LogP contribution in [0.2, 0.25) is 0 Å². The maximum Gasteiger partial charge on any atom is 0.337 e. The van der Waals surface area contributed by atoms with Gasteiger partial charge >= 0.3 is 5.97 Å². The van der Waals surface area contributed by atoms with Gasteiger partial charge in [-0.3, -0.25) is 0 Å². The first-order valence-corrected chi connectivity index (χ1v) is 8.42. The van der Waals surface area contributed by atoms with Crippen molar-refractivity contribution in [3.63, 3.8) is 0 Å². The average molecular weight is 510 g/mol. The molecule has 27 heavy (non-hydrogen) atoms. The molecular weight excluding hydrogens is 484 g/mol. The molecule has 0 spiro atoms. The Bertz CT molecular complexity index is 745. The Morgan fingerprint density at radius 2 is 1.41 bits per heavy atom. The summed E-state index contributed by atoms with van der Waals surface area (Å²) in [4.78, 5) is 10.7. The second-order valence-corrected chi connectivity index (χ2v) is 6.54. The van der Waals surface area contributed by atoms with Crippen molar-refractivity contribution in [2.45, 2.75) is 21.5 Å². The molecule has 0 aromatic heterocycles. The summed E-state index contributed by atoms with van der Waals surface area (Å²) < 4.78 is 11.4. The molecule has 0 unspecified atom stereocenters. The standard InChI is InChI=1S/C8H8BrNO3.C8H10BrNO2.2CH4/c1-13-6-3-4(9)2-5(7(6)10)8(11)12;1-12-7-3-6(9)2-5(4-11)8(7)10;;/h2-3H,10H2,1H3,(H,11,12);2-3,11H,4,10H2,1H3;2*1H4. The zero-order valence-electron chi connectivity index (χ0n) is 13.5. The topological polar surface area (TPSA) is 128 Å². The molecule has 2 aromatic carbocycles. The Hall–Kier alpha value is -1.97. The molecule has 0 aliphatic heterocycles. The lowest BCUT2D eigenvalue weighted by molar-refractivity contribution is 0.0697. The molecule has 0 fully saturated rings. The maximum atomic E-state index is 10.7. The zero-order valence-corrected chi connectivity index (χ0v) is 16.7. The van der Waals surface area contributed by atoms with E-state index in [0.29, 0.717) is 27.2 Å². The van der Waals surface area contributed by atoms with Crippen molar-refractivity contribution in [3.05, 3.63) is 44.3 Å². The van der Waals surface area contributed by atoms with Crippen molar-refractivity contribution in [2.75, 3.05) is 25.7 Å². The number of aromatic carboxylic acids is 1. The fourth-order valence-electron chi connectivity index (χ4n) is 1.89. The first-order valence-electron chi connectivity index (χ1n) is 6.84. The van der Waals surface area contributed by atoms with E-state index in [1.165, 1.54) is 13.2 Å². The molecule has 0 aliphatic rings. The summed E-state index contributed by atoms with van der Waals surface area (Å²) in [5.41, 5.74) is 12.5. The molecule has 0 saturated carbocycles. The van der Waals surface area contributed by atoms with Gasteiger partial charge in [0.25, 0.3) is 0 Å². The van der Waals surface area contributed by atoms with Gasteiger partial charge in [-0.05, 0) is 24.3 Å². The lowest BCUT2D eigenvalue weighted by Crippen LogP contribution is -2.04. The van der Waals surface area contributed by atoms with Gasteiger partial charge in [0, 0.05) is 14.5 Å². The number of carboxylic acids is 1. The summed E-state index contributed by atoms with van der Waals surface area (Å²) in [7, 11) is 2.98. The lowest BCUT2D eigenvalue weighted by atomic mass is 10.1. The molecule has 0 saturated heterocycles. The number of halogens is 2. The number of benzene rings is 2. The summed E-state index contributed by atoms with van der Waals surface area (Å²) >= 11 is 6.44. The van der Waals surface area contributed by atoms with Gasteiger partial charge in [-0.1, -0.05) is 46.7 Å². The van der Waals surface area contributed by atoms with Gasteiger partial charge in [0.05, 0.1) is 37.8 Å². The third-order valence-corrected chi connectivity index (χ3v) is 4.06. The van der Waals surface area contributed by atoms with Gasteiger partial charge in [-0.2, -0.15) is 0 Å². The second kappa shape index (κ2) is 12.4. The van der Waals surface area contributed by atoms with Crippen LogP contribution in [0.1, 0.15) is 30.8 Å². The highest BCUT2D eigenvalue weighted by molar-refractivity contribution is 9.10. The van der Waals surface area contributed by atoms with Gasteiger partial charge in [0.1, 0.15) is 11.5 Å². The summed E-state index contributed by atoms with van der Waals surface area (Å²) in [5.74, 6) is -0.141. The normalized spacial score (nSPS) is 9.07. The van der Waals surface area contributed by atoms with Gasteiger partial charge in [0.2, 0.25) is 0 Å². The van der Waals surface area contributed by atoms with Crippen LogP contribution in [0.25, 0.3) is 0 Å². The fourth-order valence-corrected chi connectivity index (χ4v) is 2.81. The zero-order chi connectivity index (χ0) is 19.1. The largest absolute Gasteiger partial charge is 0.495 e. The number of aliphatic hydroxyl groups excluding tert-OH is 1. The molecule has 2 aromatic rings. The molecular formula is C18H26Br2N2O5. The fraction of sp³-hybridized carbons (Fsp3) is 0.278. The van der Waals surface area contributed by atoms with Crippen LogP contribution >= 0.6 is 31.9 Å². The number of ether oxygens (including phenoxy) is 2. The molecule has 0 heterocycles. The molecule has 0 bridgehead atoms. The number of nitrogen functional groups attached to an aromatic ring is 2. The molecule has 0 aliphatic carbocycles. The highest BCUT2D eigenvalue weighted by atomic mass is 79.9. The molecule has 6 N–H and O–H groups in total. The van der Waals surface area contributed by atoms with E-state index in [0.717, 1.165) is 4.47 Å². The van der Waals surface area contributed by atoms with E-state index < -0.39 is 5.97 Å². The van der Waals surface area contributed by atoms with Crippen molar-refractivity contribution < 1.29 is 24.5 Å². The Balaban J connectivity index is 0. The third-order valence-electron chi connectivity index (χ3n) is 3.14. The van der Waals surface area contributed by atoms with Crippen molar-refractivity contribution >= 4 is 49.2 Å². The number of carboxylic acid groups (broad SMARTS) is 1. The Morgan fingerprint density at radius 3 is 1.81 bits per heavy atom. The summed E-state index contributed by atoms with van der Waals surface area (Å²) in [5, 5.41) is 17.7. The molecule has 0 atom stereocenters. The van der Waals surface area contributed by atoms with E-state index in [1.807, 2.05) is 0 Å². The number of nitrogens with two attached hydrogens (primary N) is 2. The van der Waals surface area contributed by atoms with Crippen LogP contribution in [-0.2, 0) is 6.61 Å². The highest BCUT2D eigenvalue weighted by Gasteiger charge is 2.13. The molecule has 7 nitrogen and oxygen atoms in total. The minimum atomic E-state index is -1.07. The maximum absolute atomic E-state index is 10.7. The van der Waals surface area contributed by atoms with Crippen molar-refractivity contribution in [3.8, 4) is 11.5 Å². The SMILES string of the molecule is C.C.COc1cc(Br)cc(C(=O)O)c1N.COc1cc(Br)cc(CO)c1N. The van der Waals surface area contributed by atoms with E-state index >= 15 is 0 Å². The van der Waals surface area contributed by atoms with Gasteiger partial charge in [-0.15, -0.1) is 0 Å². The van der Waals surface area contributed by atoms with Gasteiger partial charge in [0.15, 0.2) is 0 Å². The number of hydrogen-bond donors (Lipinski definition) is 4. The average Bonchev–Trinajstić information content (AvgIpc) is 2.58. The van der Waals surface area contributed by atoms with Crippen molar-refractivity contribution in [1.82, 2.24) is 0 Å². The Morgan fingerprint density at radius 1 is 0.963 bits per heavy atom. The first kappa shape index (κ1) is 27.3. The smallest absolute Gasteiger partial charge is 0.337 e. The number of aliphatic hydroxyl groups is 1. The molecule has 0 radical (unpaired) electrons. The Kier molecular flexibility index (Phi) is 12.5. The van der Waals surface area contributed by atoms with Gasteiger partial charge in [-0.25, -0.2) is 4.79 Å². The van der Waals surface area contributed by atoms with Crippen LogP contribution in [0.5, 0.6) is 11.5 Å². The number of rotatable bonds is 4.